The van der Waals surface area contributed by atoms with Crippen LogP contribution in [0.1, 0.15) is 11.1 Å². The van der Waals surface area contributed by atoms with E-state index in [0.29, 0.717) is 17.3 Å². The van der Waals surface area contributed by atoms with Crippen molar-refractivity contribution in [2.24, 2.45) is 0 Å². The molecule has 0 aromatic heterocycles. The van der Waals surface area contributed by atoms with Gasteiger partial charge in [0.2, 0.25) is 0 Å². The van der Waals surface area contributed by atoms with Crippen LogP contribution in [-0.2, 0) is 12.7 Å². The highest BCUT2D eigenvalue weighted by Gasteiger charge is 2.30. The number of benzene rings is 2. The van der Waals surface area contributed by atoms with Gasteiger partial charge in [0.25, 0.3) is 0 Å². The first-order chi connectivity index (χ1) is 9.36. The molecule has 0 amide bonds. The summed E-state index contributed by atoms with van der Waals surface area (Å²) in [5, 5.41) is 3.51. The largest absolute Gasteiger partial charge is 0.416 e. The van der Waals surface area contributed by atoms with E-state index in [2.05, 4.69) is 21.2 Å². The second-order valence-electron chi connectivity index (χ2n) is 4.18. The molecule has 6 heteroatoms. The summed E-state index contributed by atoms with van der Waals surface area (Å²) in [6.45, 7) is 0.397. The molecule has 0 atom stereocenters. The van der Waals surface area contributed by atoms with Crippen molar-refractivity contribution in [3.8, 4) is 0 Å². The number of halogens is 5. The molecule has 20 heavy (non-hydrogen) atoms. The third kappa shape index (κ3) is 3.90. The number of hydrogen-bond donors (Lipinski definition) is 1. The average Bonchev–Trinajstić information content (AvgIpc) is 2.39. The Bertz CT molecular complexity index is 614. The minimum Gasteiger partial charge on any atom is -0.381 e. The van der Waals surface area contributed by atoms with Gasteiger partial charge in [-0.1, -0.05) is 23.7 Å². The highest BCUT2D eigenvalue weighted by atomic mass is 79.9. The Hall–Kier alpha value is -1.20. The molecule has 0 saturated carbocycles. The van der Waals surface area contributed by atoms with Crippen molar-refractivity contribution >= 4 is 33.2 Å². The van der Waals surface area contributed by atoms with Crippen LogP contribution >= 0.6 is 27.5 Å². The van der Waals surface area contributed by atoms with E-state index < -0.39 is 11.7 Å². The lowest BCUT2D eigenvalue weighted by atomic mass is 10.2. The smallest absolute Gasteiger partial charge is 0.381 e. The zero-order valence-corrected chi connectivity index (χ0v) is 12.5. The Balaban J connectivity index is 2.09. The third-order valence-electron chi connectivity index (χ3n) is 2.67. The highest BCUT2D eigenvalue weighted by Crippen LogP contribution is 2.31. The van der Waals surface area contributed by atoms with Gasteiger partial charge in [0.15, 0.2) is 0 Å². The molecule has 0 saturated heterocycles. The summed E-state index contributed by atoms with van der Waals surface area (Å²) in [7, 11) is 0. The van der Waals surface area contributed by atoms with E-state index in [1.54, 1.807) is 18.2 Å². The second kappa shape index (κ2) is 6.06. The fraction of sp³-hybridized carbons (Fsp3) is 0.143. The highest BCUT2D eigenvalue weighted by molar-refractivity contribution is 9.10. The molecule has 0 fully saturated rings. The molecule has 0 aliphatic heterocycles. The van der Waals surface area contributed by atoms with E-state index in [1.807, 2.05) is 6.07 Å². The lowest BCUT2D eigenvalue weighted by Crippen LogP contribution is -2.06. The molecule has 2 rings (SSSR count). The minimum absolute atomic E-state index is 0.397. The zero-order chi connectivity index (χ0) is 14.8. The van der Waals surface area contributed by atoms with Crippen molar-refractivity contribution in [2.75, 3.05) is 5.32 Å². The van der Waals surface area contributed by atoms with E-state index in [-0.39, 0.29) is 0 Å². The van der Waals surface area contributed by atoms with Gasteiger partial charge >= 0.3 is 6.18 Å². The van der Waals surface area contributed by atoms with Gasteiger partial charge in [0, 0.05) is 16.7 Å². The van der Waals surface area contributed by atoms with Crippen LogP contribution in [0, 0.1) is 0 Å². The van der Waals surface area contributed by atoms with Crippen LogP contribution in [0.5, 0.6) is 0 Å². The third-order valence-corrected chi connectivity index (χ3v) is 3.90. The monoisotopic (exact) mass is 363 g/mol. The van der Waals surface area contributed by atoms with E-state index in [1.165, 1.54) is 6.07 Å². The Morgan fingerprint density at radius 3 is 2.50 bits per heavy atom. The number of rotatable bonds is 3. The van der Waals surface area contributed by atoms with Gasteiger partial charge in [-0.15, -0.1) is 0 Å². The summed E-state index contributed by atoms with van der Waals surface area (Å²) < 4.78 is 38.5. The molecule has 0 bridgehead atoms. The summed E-state index contributed by atoms with van der Waals surface area (Å²) in [6, 6.07) is 10.5. The molecule has 0 aliphatic rings. The topological polar surface area (TPSA) is 12.0 Å². The van der Waals surface area contributed by atoms with Crippen LogP contribution in [0.3, 0.4) is 0 Å². The lowest BCUT2D eigenvalue weighted by molar-refractivity contribution is -0.137. The van der Waals surface area contributed by atoms with E-state index in [9.17, 15) is 13.2 Å². The molecule has 0 heterocycles. The SMILES string of the molecule is FC(F)(F)c1cccc(NCc2ccc(Br)c(Cl)c2)c1. The standard InChI is InChI=1S/C14H10BrClF3N/c15-12-5-4-9(6-13(12)16)8-20-11-3-1-2-10(7-11)14(17,18)19/h1-7,20H,8H2. The fourth-order valence-corrected chi connectivity index (χ4v) is 2.11. The van der Waals surface area contributed by atoms with Gasteiger partial charge < -0.3 is 5.32 Å². The summed E-state index contributed by atoms with van der Waals surface area (Å²) in [6.07, 6.45) is -4.33. The summed E-state index contributed by atoms with van der Waals surface area (Å²) in [5.41, 5.74) is 0.630. The molecule has 2 aromatic carbocycles. The van der Waals surface area contributed by atoms with Crippen LogP contribution < -0.4 is 5.32 Å². The van der Waals surface area contributed by atoms with Gasteiger partial charge in [0.1, 0.15) is 0 Å². The predicted octanol–water partition coefficient (Wildman–Crippen LogP) is 5.73. The maximum Gasteiger partial charge on any atom is 0.416 e. The Kier molecular flexibility index (Phi) is 4.60. The summed E-state index contributed by atoms with van der Waals surface area (Å²) in [4.78, 5) is 0. The van der Waals surface area contributed by atoms with Gasteiger partial charge in [-0.3, -0.25) is 0 Å². The van der Waals surface area contributed by atoms with E-state index in [4.69, 9.17) is 11.6 Å². The van der Waals surface area contributed by atoms with Crippen molar-refractivity contribution in [1.82, 2.24) is 0 Å². The van der Waals surface area contributed by atoms with Gasteiger partial charge in [0.05, 0.1) is 10.6 Å². The summed E-state index contributed by atoms with van der Waals surface area (Å²) in [5.74, 6) is 0. The first-order valence-electron chi connectivity index (χ1n) is 5.71. The van der Waals surface area contributed by atoms with Gasteiger partial charge in [-0.05, 0) is 51.8 Å². The molecule has 0 radical (unpaired) electrons. The molecular formula is C14H10BrClF3N. The first-order valence-corrected chi connectivity index (χ1v) is 6.88. The average molecular weight is 365 g/mol. The first kappa shape index (κ1) is 15.2. The molecule has 0 unspecified atom stereocenters. The number of anilines is 1. The maximum atomic E-state index is 12.6. The lowest BCUT2D eigenvalue weighted by Gasteiger charge is -2.11. The zero-order valence-electron chi connectivity index (χ0n) is 10.1. The molecule has 1 N–H and O–H groups in total. The Morgan fingerprint density at radius 2 is 1.85 bits per heavy atom. The van der Waals surface area contributed by atoms with Crippen LogP contribution in [0.15, 0.2) is 46.9 Å². The van der Waals surface area contributed by atoms with Crippen LogP contribution in [0.4, 0.5) is 18.9 Å². The normalized spacial score (nSPS) is 11.4. The van der Waals surface area contributed by atoms with Gasteiger partial charge in [-0.25, -0.2) is 0 Å². The number of nitrogens with one attached hydrogen (secondary N) is 1. The van der Waals surface area contributed by atoms with Crippen LogP contribution in [0.2, 0.25) is 5.02 Å². The number of alkyl halides is 3. The van der Waals surface area contributed by atoms with Crippen LogP contribution in [0.25, 0.3) is 0 Å². The molecular weight excluding hydrogens is 355 g/mol. The van der Waals surface area contributed by atoms with Gasteiger partial charge in [-0.2, -0.15) is 13.2 Å². The minimum atomic E-state index is -4.33. The molecule has 0 spiro atoms. The Labute approximate surface area is 127 Å². The summed E-state index contributed by atoms with van der Waals surface area (Å²) >= 11 is 9.24. The second-order valence-corrected chi connectivity index (χ2v) is 5.44. The van der Waals surface area contributed by atoms with Crippen molar-refractivity contribution in [3.05, 3.63) is 63.1 Å². The van der Waals surface area contributed by atoms with E-state index >= 15 is 0 Å². The molecule has 1 nitrogen and oxygen atoms in total. The molecule has 106 valence electrons. The fourth-order valence-electron chi connectivity index (χ4n) is 1.66. The van der Waals surface area contributed by atoms with E-state index in [0.717, 1.165) is 22.2 Å². The number of hydrogen-bond acceptors (Lipinski definition) is 1. The maximum absolute atomic E-state index is 12.6. The van der Waals surface area contributed by atoms with Crippen molar-refractivity contribution in [2.45, 2.75) is 12.7 Å². The molecule has 2 aromatic rings. The van der Waals surface area contributed by atoms with Crippen LogP contribution in [-0.4, -0.2) is 0 Å². The van der Waals surface area contributed by atoms with Crippen molar-refractivity contribution in [1.29, 1.82) is 0 Å². The van der Waals surface area contributed by atoms with Crippen molar-refractivity contribution in [3.63, 3.8) is 0 Å². The van der Waals surface area contributed by atoms with Crippen molar-refractivity contribution < 1.29 is 13.2 Å². The quantitative estimate of drug-likeness (QED) is 0.733. The predicted molar refractivity (Wildman–Crippen MR) is 77.9 cm³/mol. The molecule has 0 aliphatic carbocycles. The Morgan fingerprint density at radius 1 is 1.10 bits per heavy atom.